The number of ether oxygens (including phenoxy) is 1. The third-order valence-electron chi connectivity index (χ3n) is 4.82. The number of amides is 3. The van der Waals surface area contributed by atoms with Crippen molar-refractivity contribution < 1.29 is 23.5 Å². The van der Waals surface area contributed by atoms with Crippen LogP contribution in [0, 0.1) is 5.82 Å². The van der Waals surface area contributed by atoms with Crippen LogP contribution in [0.15, 0.2) is 48.2 Å². The summed E-state index contributed by atoms with van der Waals surface area (Å²) in [5, 5.41) is 4.66. The molecular weight excluding hydrogens is 401 g/mol. The number of benzene rings is 2. The van der Waals surface area contributed by atoms with E-state index < -0.39 is 23.7 Å². The van der Waals surface area contributed by atoms with E-state index in [2.05, 4.69) is 10.6 Å². The molecule has 1 aliphatic carbocycles. The number of esters is 1. The number of nitrogens with zero attached hydrogens (tertiary/aromatic N) is 1. The number of allylic oxidation sites excluding steroid dienone is 1. The lowest BCUT2D eigenvalue weighted by Crippen LogP contribution is -2.38. The highest BCUT2D eigenvalue weighted by molar-refractivity contribution is 6.20. The third kappa shape index (κ3) is 5.09. The standard InChI is InChI=1S/C23H24FN3O4/c1-4-31-22(29)21-18-10-16(24)11-20(27(3)13-15-8-6-5-7-9-15)17(18)12-19(21)26-23(30)25-14(2)28/h5-11H,4,12-13H2,1-3H3,(H2,25,26,28,30). The zero-order valence-corrected chi connectivity index (χ0v) is 17.6. The Morgan fingerprint density at radius 3 is 2.52 bits per heavy atom. The highest BCUT2D eigenvalue weighted by atomic mass is 19.1. The lowest BCUT2D eigenvalue weighted by molar-refractivity contribution is -0.136. The molecule has 0 fully saturated rings. The monoisotopic (exact) mass is 425 g/mol. The van der Waals surface area contributed by atoms with E-state index in [9.17, 15) is 18.8 Å². The fraction of sp³-hybridized carbons (Fsp3) is 0.261. The predicted octanol–water partition coefficient (Wildman–Crippen LogP) is 3.14. The molecule has 2 aromatic carbocycles. The van der Waals surface area contributed by atoms with Gasteiger partial charge in [0.15, 0.2) is 0 Å². The topological polar surface area (TPSA) is 87.7 Å². The zero-order chi connectivity index (χ0) is 22.5. The van der Waals surface area contributed by atoms with Gasteiger partial charge in [-0.25, -0.2) is 14.0 Å². The molecule has 0 spiro atoms. The maximum absolute atomic E-state index is 14.6. The van der Waals surface area contributed by atoms with Crippen molar-refractivity contribution in [1.82, 2.24) is 10.6 Å². The Bertz CT molecular complexity index is 1050. The normalized spacial score (nSPS) is 12.3. The van der Waals surface area contributed by atoms with E-state index in [0.717, 1.165) is 5.56 Å². The first kappa shape index (κ1) is 22.0. The molecule has 2 aromatic rings. The molecule has 3 rings (SSSR count). The van der Waals surface area contributed by atoms with Gasteiger partial charge in [0.05, 0.1) is 12.2 Å². The van der Waals surface area contributed by atoms with E-state index >= 15 is 0 Å². The van der Waals surface area contributed by atoms with E-state index in [-0.39, 0.29) is 24.3 Å². The fourth-order valence-corrected chi connectivity index (χ4v) is 3.61. The molecule has 31 heavy (non-hydrogen) atoms. The van der Waals surface area contributed by atoms with Crippen LogP contribution in [0.2, 0.25) is 0 Å². The molecule has 0 heterocycles. The SMILES string of the molecule is CCOC(=O)C1=C(NC(=O)NC(C)=O)Cc2c1cc(F)cc2N(C)Cc1ccccc1. The summed E-state index contributed by atoms with van der Waals surface area (Å²) < 4.78 is 19.7. The number of urea groups is 1. The van der Waals surface area contributed by atoms with Crippen LogP contribution in [0.25, 0.3) is 5.57 Å². The highest BCUT2D eigenvalue weighted by Crippen LogP contribution is 2.39. The fourth-order valence-electron chi connectivity index (χ4n) is 3.61. The quantitative estimate of drug-likeness (QED) is 0.695. The van der Waals surface area contributed by atoms with Gasteiger partial charge in [-0.2, -0.15) is 0 Å². The second-order valence-corrected chi connectivity index (χ2v) is 7.18. The first-order valence-electron chi connectivity index (χ1n) is 9.86. The second-order valence-electron chi connectivity index (χ2n) is 7.18. The van der Waals surface area contributed by atoms with Crippen LogP contribution in [0.3, 0.4) is 0 Å². The van der Waals surface area contributed by atoms with Crippen LogP contribution >= 0.6 is 0 Å². The summed E-state index contributed by atoms with van der Waals surface area (Å²) in [6.07, 6.45) is 0.184. The lowest BCUT2D eigenvalue weighted by Gasteiger charge is -2.23. The van der Waals surface area contributed by atoms with Crippen molar-refractivity contribution in [2.75, 3.05) is 18.6 Å². The Balaban J connectivity index is 1.99. The molecule has 0 bridgehead atoms. The number of imide groups is 1. The van der Waals surface area contributed by atoms with Crippen molar-refractivity contribution in [1.29, 1.82) is 0 Å². The first-order chi connectivity index (χ1) is 14.8. The second kappa shape index (κ2) is 9.42. The van der Waals surface area contributed by atoms with Gasteiger partial charge >= 0.3 is 12.0 Å². The van der Waals surface area contributed by atoms with Crippen LogP contribution in [-0.2, 0) is 27.3 Å². The molecule has 0 saturated carbocycles. The maximum Gasteiger partial charge on any atom is 0.340 e. The molecule has 0 aromatic heterocycles. The molecule has 3 amide bonds. The minimum absolute atomic E-state index is 0.0874. The summed E-state index contributed by atoms with van der Waals surface area (Å²) in [6, 6.07) is 11.6. The summed E-state index contributed by atoms with van der Waals surface area (Å²) in [6.45, 7) is 3.52. The van der Waals surface area contributed by atoms with Crippen molar-refractivity contribution in [2.24, 2.45) is 0 Å². The van der Waals surface area contributed by atoms with Gasteiger partial charge < -0.3 is 15.0 Å². The summed E-state index contributed by atoms with van der Waals surface area (Å²) in [7, 11) is 1.83. The number of halogens is 1. The zero-order valence-electron chi connectivity index (χ0n) is 17.6. The Hall–Kier alpha value is -3.68. The summed E-state index contributed by atoms with van der Waals surface area (Å²) in [5.74, 6) is -1.72. The number of carbonyl (C=O) groups is 3. The van der Waals surface area contributed by atoms with Crippen molar-refractivity contribution in [3.8, 4) is 0 Å². The van der Waals surface area contributed by atoms with Crippen molar-refractivity contribution >= 4 is 29.2 Å². The molecular formula is C23H24FN3O4. The van der Waals surface area contributed by atoms with Gasteiger partial charge in [-0.15, -0.1) is 0 Å². The molecule has 0 saturated heterocycles. The van der Waals surface area contributed by atoms with Gasteiger partial charge in [0.2, 0.25) is 5.91 Å². The van der Waals surface area contributed by atoms with Gasteiger partial charge in [-0.1, -0.05) is 30.3 Å². The van der Waals surface area contributed by atoms with Crippen LogP contribution in [-0.4, -0.2) is 31.6 Å². The van der Waals surface area contributed by atoms with Crippen LogP contribution in [0.5, 0.6) is 0 Å². The van der Waals surface area contributed by atoms with Gasteiger partial charge in [-0.05, 0) is 35.7 Å². The Morgan fingerprint density at radius 1 is 1.16 bits per heavy atom. The molecule has 162 valence electrons. The van der Waals surface area contributed by atoms with Crippen molar-refractivity contribution in [2.45, 2.75) is 26.8 Å². The number of anilines is 1. The van der Waals surface area contributed by atoms with E-state index in [1.54, 1.807) is 6.92 Å². The maximum atomic E-state index is 14.6. The van der Waals surface area contributed by atoms with Gasteiger partial charge in [0.25, 0.3) is 0 Å². The molecule has 1 aliphatic rings. The number of nitrogens with one attached hydrogen (secondary N) is 2. The number of rotatable bonds is 6. The number of hydrogen-bond acceptors (Lipinski definition) is 5. The van der Waals surface area contributed by atoms with E-state index in [4.69, 9.17) is 4.74 Å². The van der Waals surface area contributed by atoms with Crippen LogP contribution in [0.1, 0.15) is 30.5 Å². The van der Waals surface area contributed by atoms with Gasteiger partial charge in [-0.3, -0.25) is 10.1 Å². The molecule has 8 heteroatoms. The van der Waals surface area contributed by atoms with Crippen LogP contribution < -0.4 is 15.5 Å². The van der Waals surface area contributed by atoms with E-state index in [1.807, 2.05) is 42.3 Å². The van der Waals surface area contributed by atoms with Gasteiger partial charge in [0.1, 0.15) is 5.82 Å². The molecule has 0 unspecified atom stereocenters. The summed E-state index contributed by atoms with van der Waals surface area (Å²) in [4.78, 5) is 37.8. The van der Waals surface area contributed by atoms with E-state index in [1.165, 1.54) is 19.1 Å². The lowest BCUT2D eigenvalue weighted by atomic mass is 10.0. The molecule has 2 N–H and O–H groups in total. The summed E-state index contributed by atoms with van der Waals surface area (Å²) in [5.41, 5.74) is 3.05. The minimum atomic E-state index is -0.767. The highest BCUT2D eigenvalue weighted by Gasteiger charge is 2.32. The first-order valence-corrected chi connectivity index (χ1v) is 9.86. The minimum Gasteiger partial charge on any atom is -0.462 e. The Morgan fingerprint density at radius 2 is 1.87 bits per heavy atom. The largest absolute Gasteiger partial charge is 0.462 e. The average Bonchev–Trinajstić information content (AvgIpc) is 3.05. The predicted molar refractivity (Wildman–Crippen MR) is 115 cm³/mol. The molecule has 7 nitrogen and oxygen atoms in total. The number of carbonyl (C=O) groups excluding carboxylic acids is 3. The Labute approximate surface area is 179 Å². The average molecular weight is 425 g/mol. The van der Waals surface area contributed by atoms with Crippen molar-refractivity contribution in [3.63, 3.8) is 0 Å². The van der Waals surface area contributed by atoms with E-state index in [0.29, 0.717) is 23.4 Å². The molecule has 0 aliphatic heterocycles. The third-order valence-corrected chi connectivity index (χ3v) is 4.82. The number of fused-ring (bicyclic) bond motifs is 1. The Kier molecular flexibility index (Phi) is 6.69. The summed E-state index contributed by atoms with van der Waals surface area (Å²) >= 11 is 0. The molecule has 0 radical (unpaired) electrons. The van der Waals surface area contributed by atoms with Crippen LogP contribution in [0.4, 0.5) is 14.9 Å². The van der Waals surface area contributed by atoms with Crippen molar-refractivity contribution in [3.05, 3.63) is 70.7 Å². The number of hydrogen-bond donors (Lipinski definition) is 2. The van der Waals surface area contributed by atoms with Gasteiger partial charge in [0, 0.05) is 38.3 Å². The molecule has 0 atom stereocenters. The smallest absolute Gasteiger partial charge is 0.340 e.